The zero-order valence-electron chi connectivity index (χ0n) is 17.7. The van der Waals surface area contributed by atoms with E-state index in [0.717, 1.165) is 24.0 Å². The average molecular weight is 439 g/mol. The molecule has 4 rings (SSSR count). The monoisotopic (exact) mass is 438 g/mol. The minimum atomic E-state index is -3.80. The topological polar surface area (TPSA) is 84.3 Å². The lowest BCUT2D eigenvalue weighted by atomic mass is 10.0. The van der Waals surface area contributed by atoms with Gasteiger partial charge in [0, 0.05) is 42.8 Å². The van der Waals surface area contributed by atoms with Crippen LogP contribution in [0, 0.1) is 13.8 Å². The molecule has 1 aliphatic rings. The Kier molecular flexibility index (Phi) is 5.82. The molecular formula is C23H26N4O3S. The van der Waals surface area contributed by atoms with E-state index in [1.165, 1.54) is 12.1 Å². The molecule has 2 aromatic carbocycles. The summed E-state index contributed by atoms with van der Waals surface area (Å²) in [6.07, 6.45) is 7.20. The molecule has 0 aliphatic carbocycles. The van der Waals surface area contributed by atoms with Gasteiger partial charge < -0.3 is 9.47 Å². The summed E-state index contributed by atoms with van der Waals surface area (Å²) in [4.78, 5) is 19.2. The summed E-state index contributed by atoms with van der Waals surface area (Å²) in [5, 5.41) is 0. The van der Waals surface area contributed by atoms with Gasteiger partial charge in [0.1, 0.15) is 0 Å². The number of sulfonamides is 1. The number of likely N-dealkylation sites (tertiary alicyclic amines) is 1. The fraction of sp³-hybridized carbons (Fsp3) is 0.304. The van der Waals surface area contributed by atoms with Crippen LogP contribution in [0.3, 0.4) is 0 Å². The summed E-state index contributed by atoms with van der Waals surface area (Å²) < 4.78 is 30.4. The van der Waals surface area contributed by atoms with Crippen LogP contribution in [-0.4, -0.2) is 41.9 Å². The maximum atomic E-state index is 13.2. The molecule has 0 saturated carbocycles. The highest BCUT2D eigenvalue weighted by Crippen LogP contribution is 2.25. The average Bonchev–Trinajstić information content (AvgIpc) is 3.30. The molecule has 0 unspecified atom stereocenters. The summed E-state index contributed by atoms with van der Waals surface area (Å²) >= 11 is 0. The number of benzene rings is 2. The first kappa shape index (κ1) is 21.1. The van der Waals surface area contributed by atoms with Crippen molar-refractivity contribution in [3.8, 4) is 0 Å². The fourth-order valence-corrected chi connectivity index (χ4v) is 4.94. The first-order valence-corrected chi connectivity index (χ1v) is 11.8. The van der Waals surface area contributed by atoms with Crippen molar-refractivity contribution in [1.29, 1.82) is 0 Å². The van der Waals surface area contributed by atoms with Crippen LogP contribution in [0.2, 0.25) is 0 Å². The van der Waals surface area contributed by atoms with Crippen molar-refractivity contribution in [3.05, 3.63) is 77.9 Å². The van der Waals surface area contributed by atoms with Crippen LogP contribution in [-0.2, 0) is 10.0 Å². The molecule has 1 saturated heterocycles. The molecule has 31 heavy (non-hydrogen) atoms. The molecule has 8 heteroatoms. The predicted octanol–water partition coefficient (Wildman–Crippen LogP) is 3.78. The highest BCUT2D eigenvalue weighted by molar-refractivity contribution is 7.92. The Labute approximate surface area is 182 Å². The Balaban J connectivity index is 1.51. The van der Waals surface area contributed by atoms with E-state index >= 15 is 0 Å². The Bertz CT molecular complexity index is 1160. The number of amides is 1. The van der Waals surface area contributed by atoms with Crippen molar-refractivity contribution in [2.75, 3.05) is 17.8 Å². The molecule has 0 atom stereocenters. The SMILES string of the molecule is Cc1ccc(NS(=O)(=O)c2ccc(C)c(C(=O)N3CCC(n4ccnc4)CC3)c2)cc1. The number of piperidine rings is 1. The Hall–Kier alpha value is -3.13. The van der Waals surface area contributed by atoms with Crippen LogP contribution in [0.25, 0.3) is 0 Å². The molecule has 1 aliphatic heterocycles. The van der Waals surface area contributed by atoms with Crippen LogP contribution < -0.4 is 4.72 Å². The number of anilines is 1. The molecule has 2 heterocycles. The Morgan fingerprint density at radius 3 is 2.42 bits per heavy atom. The van der Waals surface area contributed by atoms with E-state index in [4.69, 9.17) is 0 Å². The minimum Gasteiger partial charge on any atom is -0.338 e. The van der Waals surface area contributed by atoms with Gasteiger partial charge in [-0.05, 0) is 56.5 Å². The summed E-state index contributed by atoms with van der Waals surface area (Å²) in [7, 11) is -3.80. The first-order chi connectivity index (χ1) is 14.8. The standard InChI is InChI=1S/C23H26N4O3S/c1-17-3-6-19(7-4-17)25-31(29,30)21-8-5-18(2)22(15-21)23(28)26-12-9-20(10-13-26)27-14-11-24-16-27/h3-8,11,14-16,20,25H,9-10,12-13H2,1-2H3. The van der Waals surface area contributed by atoms with Gasteiger partial charge in [-0.2, -0.15) is 0 Å². The van der Waals surface area contributed by atoms with Gasteiger partial charge in [0.05, 0.1) is 11.2 Å². The number of aryl methyl sites for hydroxylation is 2. The summed E-state index contributed by atoms with van der Waals surface area (Å²) in [6.45, 7) is 5.02. The van der Waals surface area contributed by atoms with E-state index in [1.54, 1.807) is 29.3 Å². The lowest BCUT2D eigenvalue weighted by Gasteiger charge is -2.33. The quantitative estimate of drug-likeness (QED) is 0.657. The van der Waals surface area contributed by atoms with Crippen LogP contribution in [0.4, 0.5) is 5.69 Å². The highest BCUT2D eigenvalue weighted by atomic mass is 32.2. The number of hydrogen-bond donors (Lipinski definition) is 1. The number of imidazole rings is 1. The summed E-state index contributed by atoms with van der Waals surface area (Å²) in [6, 6.07) is 12.2. The smallest absolute Gasteiger partial charge is 0.261 e. The molecule has 7 nitrogen and oxygen atoms in total. The number of rotatable bonds is 5. The van der Waals surface area contributed by atoms with E-state index in [-0.39, 0.29) is 10.8 Å². The van der Waals surface area contributed by atoms with Crippen molar-refractivity contribution in [3.63, 3.8) is 0 Å². The normalized spacial score (nSPS) is 15.1. The van der Waals surface area contributed by atoms with Gasteiger partial charge in [0.15, 0.2) is 0 Å². The van der Waals surface area contributed by atoms with Gasteiger partial charge in [-0.3, -0.25) is 9.52 Å². The van der Waals surface area contributed by atoms with Gasteiger partial charge in [-0.15, -0.1) is 0 Å². The van der Waals surface area contributed by atoms with Gasteiger partial charge >= 0.3 is 0 Å². The van der Waals surface area contributed by atoms with Gasteiger partial charge in [0.2, 0.25) is 0 Å². The third kappa shape index (κ3) is 4.64. The van der Waals surface area contributed by atoms with Gasteiger partial charge in [0.25, 0.3) is 15.9 Å². The molecular weight excluding hydrogens is 412 g/mol. The number of nitrogens with zero attached hydrogens (tertiary/aromatic N) is 3. The number of hydrogen-bond acceptors (Lipinski definition) is 4. The molecule has 3 aromatic rings. The zero-order chi connectivity index (χ0) is 22.0. The number of carbonyl (C=O) groups is 1. The lowest BCUT2D eigenvalue weighted by Crippen LogP contribution is -2.39. The van der Waals surface area contributed by atoms with Crippen molar-refractivity contribution in [1.82, 2.24) is 14.5 Å². The number of nitrogens with one attached hydrogen (secondary N) is 1. The zero-order valence-corrected chi connectivity index (χ0v) is 18.5. The third-order valence-corrected chi connectivity index (χ3v) is 7.13. The van der Waals surface area contributed by atoms with Crippen molar-refractivity contribution >= 4 is 21.6 Å². The van der Waals surface area contributed by atoms with Crippen LogP contribution >= 0.6 is 0 Å². The molecule has 1 aromatic heterocycles. The second kappa shape index (κ2) is 8.55. The Morgan fingerprint density at radius 2 is 1.77 bits per heavy atom. The lowest BCUT2D eigenvalue weighted by molar-refractivity contribution is 0.0693. The van der Waals surface area contributed by atoms with E-state index in [0.29, 0.717) is 30.4 Å². The largest absolute Gasteiger partial charge is 0.338 e. The first-order valence-electron chi connectivity index (χ1n) is 10.3. The predicted molar refractivity (Wildman–Crippen MR) is 120 cm³/mol. The molecule has 0 radical (unpaired) electrons. The number of carbonyl (C=O) groups excluding carboxylic acids is 1. The second-order valence-electron chi connectivity index (χ2n) is 7.98. The maximum Gasteiger partial charge on any atom is 0.261 e. The molecule has 1 fully saturated rings. The highest BCUT2D eigenvalue weighted by Gasteiger charge is 2.26. The fourth-order valence-electron chi connectivity index (χ4n) is 3.86. The van der Waals surface area contributed by atoms with Crippen LogP contribution in [0.1, 0.15) is 40.4 Å². The molecule has 1 amide bonds. The second-order valence-corrected chi connectivity index (χ2v) is 9.66. The third-order valence-electron chi connectivity index (χ3n) is 5.75. The van der Waals surface area contributed by atoms with Crippen LogP contribution in [0.15, 0.2) is 66.1 Å². The minimum absolute atomic E-state index is 0.0790. The van der Waals surface area contributed by atoms with E-state index in [9.17, 15) is 13.2 Å². The van der Waals surface area contributed by atoms with Crippen LogP contribution in [0.5, 0.6) is 0 Å². The van der Waals surface area contributed by atoms with Gasteiger partial charge in [-0.25, -0.2) is 13.4 Å². The van der Waals surface area contributed by atoms with Crippen molar-refractivity contribution in [2.45, 2.75) is 37.6 Å². The Morgan fingerprint density at radius 1 is 1.06 bits per heavy atom. The summed E-state index contributed by atoms with van der Waals surface area (Å²) in [5.41, 5.74) is 2.72. The maximum absolute atomic E-state index is 13.2. The van der Waals surface area contributed by atoms with Crippen molar-refractivity contribution in [2.24, 2.45) is 0 Å². The summed E-state index contributed by atoms with van der Waals surface area (Å²) in [5.74, 6) is -0.131. The van der Waals surface area contributed by atoms with E-state index < -0.39 is 10.0 Å². The van der Waals surface area contributed by atoms with E-state index in [2.05, 4.69) is 14.3 Å². The molecule has 162 valence electrons. The van der Waals surface area contributed by atoms with E-state index in [1.807, 2.05) is 38.5 Å². The molecule has 0 spiro atoms. The molecule has 1 N–H and O–H groups in total. The molecule has 0 bridgehead atoms. The van der Waals surface area contributed by atoms with Crippen molar-refractivity contribution < 1.29 is 13.2 Å². The van der Waals surface area contributed by atoms with Gasteiger partial charge in [-0.1, -0.05) is 23.8 Å². The number of aromatic nitrogens is 2.